The molecule has 3 aromatic rings. The molecule has 0 saturated carbocycles. The number of benzene rings is 3. The van der Waals surface area contributed by atoms with Gasteiger partial charge in [-0.05, 0) is 55.0 Å². The highest BCUT2D eigenvalue weighted by Gasteiger charge is 2.05. The van der Waals surface area contributed by atoms with Gasteiger partial charge >= 0.3 is 6.03 Å². The molecular weight excluding hydrogens is 300 g/mol. The second-order valence-electron chi connectivity index (χ2n) is 5.33. The molecule has 0 aliphatic rings. The van der Waals surface area contributed by atoms with Crippen LogP contribution in [0.3, 0.4) is 0 Å². The van der Waals surface area contributed by atoms with E-state index in [1.807, 2.05) is 73.7 Å². The molecule has 0 spiro atoms. The number of nitrogens with one attached hydrogen (secondary N) is 2. The van der Waals surface area contributed by atoms with E-state index in [-0.39, 0.29) is 6.03 Å². The fraction of sp³-hybridized carbons (Fsp3) is 0.0500. The summed E-state index contributed by atoms with van der Waals surface area (Å²) in [6, 6.07) is 24.2. The van der Waals surface area contributed by atoms with Gasteiger partial charge in [-0.15, -0.1) is 0 Å². The van der Waals surface area contributed by atoms with E-state index in [1.165, 1.54) is 0 Å². The number of aryl methyl sites for hydroxylation is 1. The lowest BCUT2D eigenvalue weighted by Gasteiger charge is -2.10. The van der Waals surface area contributed by atoms with E-state index in [0.29, 0.717) is 11.4 Å². The number of hydrogen-bond donors (Lipinski definition) is 2. The van der Waals surface area contributed by atoms with E-state index in [1.54, 1.807) is 12.1 Å². The number of amides is 2. The maximum Gasteiger partial charge on any atom is 0.323 e. The first kappa shape index (κ1) is 15.6. The molecule has 0 saturated heterocycles. The van der Waals surface area contributed by atoms with Gasteiger partial charge in [-0.3, -0.25) is 0 Å². The molecular formula is C20H18N2O2. The SMILES string of the molecule is Cc1ccccc1NC(=O)Nc1ccc(Oc2ccccc2)cc1. The average Bonchev–Trinajstić information content (AvgIpc) is 2.60. The molecule has 0 bridgehead atoms. The quantitative estimate of drug-likeness (QED) is 0.673. The fourth-order valence-electron chi connectivity index (χ4n) is 2.23. The van der Waals surface area contributed by atoms with E-state index in [9.17, 15) is 4.79 Å². The highest BCUT2D eigenvalue weighted by atomic mass is 16.5. The number of hydrogen-bond acceptors (Lipinski definition) is 2. The van der Waals surface area contributed by atoms with E-state index in [0.717, 1.165) is 17.0 Å². The Hall–Kier alpha value is -3.27. The molecule has 4 heteroatoms. The number of ether oxygens (including phenoxy) is 1. The first-order valence-corrected chi connectivity index (χ1v) is 7.67. The van der Waals surface area contributed by atoms with Crippen molar-refractivity contribution in [3.8, 4) is 11.5 Å². The van der Waals surface area contributed by atoms with Crippen LogP contribution in [0.15, 0.2) is 78.9 Å². The first-order valence-electron chi connectivity index (χ1n) is 7.67. The van der Waals surface area contributed by atoms with Gasteiger partial charge in [0.1, 0.15) is 11.5 Å². The lowest BCUT2D eigenvalue weighted by Crippen LogP contribution is -2.19. The van der Waals surface area contributed by atoms with Gasteiger partial charge in [0, 0.05) is 11.4 Å². The van der Waals surface area contributed by atoms with Crippen LogP contribution in [0.4, 0.5) is 16.2 Å². The maximum atomic E-state index is 12.1. The Morgan fingerprint density at radius 3 is 2.08 bits per heavy atom. The van der Waals surface area contributed by atoms with Gasteiger partial charge in [-0.2, -0.15) is 0 Å². The number of carbonyl (C=O) groups is 1. The summed E-state index contributed by atoms with van der Waals surface area (Å²) in [6.45, 7) is 1.95. The number of urea groups is 1. The summed E-state index contributed by atoms with van der Waals surface area (Å²) < 4.78 is 5.72. The van der Waals surface area contributed by atoms with Gasteiger partial charge in [0.15, 0.2) is 0 Å². The Bertz CT molecular complexity index is 815. The van der Waals surface area contributed by atoms with Gasteiger partial charge in [-0.1, -0.05) is 36.4 Å². The number of carbonyl (C=O) groups excluding carboxylic acids is 1. The predicted octanol–water partition coefficient (Wildman–Crippen LogP) is 5.43. The largest absolute Gasteiger partial charge is 0.457 e. The average molecular weight is 318 g/mol. The Balaban J connectivity index is 1.60. The lowest BCUT2D eigenvalue weighted by atomic mass is 10.2. The van der Waals surface area contributed by atoms with Crippen molar-refractivity contribution >= 4 is 17.4 Å². The second kappa shape index (κ2) is 7.33. The molecule has 24 heavy (non-hydrogen) atoms. The molecule has 0 radical (unpaired) electrons. The van der Waals surface area contributed by atoms with Gasteiger partial charge in [-0.25, -0.2) is 4.79 Å². The lowest BCUT2D eigenvalue weighted by molar-refractivity contribution is 0.262. The minimum Gasteiger partial charge on any atom is -0.457 e. The molecule has 4 nitrogen and oxygen atoms in total. The van der Waals surface area contributed by atoms with Gasteiger partial charge in [0.25, 0.3) is 0 Å². The third-order valence-corrected chi connectivity index (χ3v) is 3.48. The van der Waals surface area contributed by atoms with Crippen LogP contribution < -0.4 is 15.4 Å². The standard InChI is InChI=1S/C20H18N2O2/c1-15-7-5-6-10-19(15)22-20(23)21-16-11-13-18(14-12-16)24-17-8-3-2-4-9-17/h2-14H,1H3,(H2,21,22,23). The molecule has 2 amide bonds. The normalized spacial score (nSPS) is 10.0. The molecule has 0 aromatic heterocycles. The third kappa shape index (κ3) is 4.14. The Kier molecular flexibility index (Phi) is 4.77. The zero-order valence-electron chi connectivity index (χ0n) is 13.3. The zero-order chi connectivity index (χ0) is 16.8. The molecule has 0 fully saturated rings. The monoisotopic (exact) mass is 318 g/mol. The van der Waals surface area contributed by atoms with Crippen LogP contribution in [0.5, 0.6) is 11.5 Å². The van der Waals surface area contributed by atoms with Gasteiger partial charge in [0.05, 0.1) is 0 Å². The molecule has 0 aliphatic carbocycles. The van der Waals surface area contributed by atoms with Gasteiger partial charge < -0.3 is 15.4 Å². The maximum absolute atomic E-state index is 12.1. The molecule has 2 N–H and O–H groups in total. The molecule has 0 unspecified atom stereocenters. The van der Waals surface area contributed by atoms with Crippen LogP contribution >= 0.6 is 0 Å². The van der Waals surface area contributed by atoms with E-state index in [2.05, 4.69) is 10.6 Å². The number of anilines is 2. The predicted molar refractivity (Wildman–Crippen MR) is 96.8 cm³/mol. The van der Waals surface area contributed by atoms with Crippen molar-refractivity contribution in [2.45, 2.75) is 6.92 Å². The third-order valence-electron chi connectivity index (χ3n) is 3.48. The van der Waals surface area contributed by atoms with Crippen LogP contribution in [-0.4, -0.2) is 6.03 Å². The van der Waals surface area contributed by atoms with Crippen molar-refractivity contribution in [1.82, 2.24) is 0 Å². The molecule has 0 heterocycles. The van der Waals surface area contributed by atoms with E-state index in [4.69, 9.17) is 4.74 Å². The summed E-state index contributed by atoms with van der Waals surface area (Å²) in [5.74, 6) is 1.49. The Labute approximate surface area is 141 Å². The summed E-state index contributed by atoms with van der Waals surface area (Å²) in [4.78, 5) is 12.1. The zero-order valence-corrected chi connectivity index (χ0v) is 13.3. The molecule has 3 rings (SSSR count). The summed E-state index contributed by atoms with van der Waals surface area (Å²) in [5.41, 5.74) is 2.50. The van der Waals surface area contributed by atoms with Crippen molar-refractivity contribution in [3.63, 3.8) is 0 Å². The van der Waals surface area contributed by atoms with Gasteiger partial charge in [0.2, 0.25) is 0 Å². The summed E-state index contributed by atoms with van der Waals surface area (Å²) >= 11 is 0. The molecule has 120 valence electrons. The van der Waals surface area contributed by atoms with Crippen molar-refractivity contribution < 1.29 is 9.53 Å². The second-order valence-corrected chi connectivity index (χ2v) is 5.33. The van der Waals surface area contributed by atoms with Crippen LogP contribution in [0, 0.1) is 6.92 Å². The molecule has 0 atom stereocenters. The van der Waals surface area contributed by atoms with Crippen molar-refractivity contribution in [2.24, 2.45) is 0 Å². The summed E-state index contributed by atoms with van der Waals surface area (Å²) in [7, 11) is 0. The van der Waals surface area contributed by atoms with Crippen LogP contribution in [0.25, 0.3) is 0 Å². The number of para-hydroxylation sites is 2. The highest BCUT2D eigenvalue weighted by Crippen LogP contribution is 2.22. The Morgan fingerprint density at radius 1 is 0.750 bits per heavy atom. The van der Waals surface area contributed by atoms with Crippen molar-refractivity contribution in [3.05, 3.63) is 84.4 Å². The summed E-state index contributed by atoms with van der Waals surface area (Å²) in [6.07, 6.45) is 0. The fourth-order valence-corrected chi connectivity index (χ4v) is 2.23. The minimum atomic E-state index is -0.277. The molecule has 0 aliphatic heterocycles. The van der Waals surface area contributed by atoms with E-state index < -0.39 is 0 Å². The summed E-state index contributed by atoms with van der Waals surface area (Å²) in [5, 5.41) is 5.63. The van der Waals surface area contributed by atoms with Crippen molar-refractivity contribution in [2.75, 3.05) is 10.6 Å². The van der Waals surface area contributed by atoms with Crippen LogP contribution in [0.1, 0.15) is 5.56 Å². The van der Waals surface area contributed by atoms with Crippen LogP contribution in [0.2, 0.25) is 0 Å². The van der Waals surface area contributed by atoms with E-state index >= 15 is 0 Å². The smallest absolute Gasteiger partial charge is 0.323 e. The Morgan fingerprint density at radius 2 is 1.38 bits per heavy atom. The topological polar surface area (TPSA) is 50.4 Å². The number of rotatable bonds is 4. The molecule has 3 aromatic carbocycles. The first-order chi connectivity index (χ1) is 11.7. The minimum absolute atomic E-state index is 0.277. The van der Waals surface area contributed by atoms with Crippen molar-refractivity contribution in [1.29, 1.82) is 0 Å². The highest BCUT2D eigenvalue weighted by molar-refractivity contribution is 6.00. The van der Waals surface area contributed by atoms with Crippen LogP contribution in [-0.2, 0) is 0 Å².